The van der Waals surface area contributed by atoms with Gasteiger partial charge in [0, 0.05) is 24.8 Å². The van der Waals surface area contributed by atoms with Crippen molar-refractivity contribution in [2.45, 2.75) is 25.9 Å². The molecule has 0 saturated carbocycles. The van der Waals surface area contributed by atoms with Gasteiger partial charge in [-0.3, -0.25) is 14.5 Å². The molecule has 3 aromatic carbocycles. The van der Waals surface area contributed by atoms with Crippen LogP contribution in [0.15, 0.2) is 71.5 Å². The number of hydrogen-bond donors (Lipinski definition) is 2. The first kappa shape index (κ1) is 34.5. The van der Waals surface area contributed by atoms with E-state index in [0.717, 1.165) is 0 Å². The van der Waals surface area contributed by atoms with Gasteiger partial charge >= 0.3 is 12.1 Å². The fraction of sp³-hybridized carbons (Fsp3) is 0.324. The van der Waals surface area contributed by atoms with Crippen LogP contribution in [-0.4, -0.2) is 86.1 Å². The van der Waals surface area contributed by atoms with Gasteiger partial charge in [-0.1, -0.05) is 12.1 Å². The number of piperazine rings is 1. The van der Waals surface area contributed by atoms with Crippen molar-refractivity contribution in [2.24, 2.45) is 0 Å². The number of alkyl carbamates (subject to hydrolysis) is 1. The third-order valence-electron chi connectivity index (χ3n) is 8.24. The van der Waals surface area contributed by atoms with E-state index in [9.17, 15) is 23.6 Å². The minimum atomic E-state index is -0.885. The molecule has 1 aliphatic rings. The minimum Gasteiger partial charge on any atom is -0.497 e. The van der Waals surface area contributed by atoms with E-state index in [1.54, 1.807) is 66.2 Å². The average Bonchev–Trinajstić information content (AvgIpc) is 3.12. The standard InChI is InChI=1S/C34H38FN7O7/c1-21(36-34(46)49-5)31(43)39-16-18-40(19-17-39)42-30(38-27-9-7-6-8-26(27)32(42)44)22(2)41(28-15-14-25(47-3)20-29(28)48-4)33(45)37-24-12-10-23(35)11-13-24/h6-15,20-22H,16-19H2,1-5H3,(H,36,46)(H,37,45)/t21-,22?/m0/s1. The molecular weight excluding hydrogens is 637 g/mol. The van der Waals surface area contributed by atoms with Crippen LogP contribution in [0.2, 0.25) is 0 Å². The molecular formula is C34H38FN7O7. The van der Waals surface area contributed by atoms with Gasteiger partial charge < -0.3 is 34.8 Å². The van der Waals surface area contributed by atoms with E-state index in [1.165, 1.54) is 55.2 Å². The molecule has 4 aromatic rings. The van der Waals surface area contributed by atoms with Gasteiger partial charge in [0.15, 0.2) is 5.82 Å². The van der Waals surface area contributed by atoms with Gasteiger partial charge in [-0.2, -0.15) is 0 Å². The Morgan fingerprint density at radius 3 is 2.27 bits per heavy atom. The summed E-state index contributed by atoms with van der Waals surface area (Å²) in [5.41, 5.74) is 0.778. The number of methoxy groups -OCH3 is 3. The molecule has 1 fully saturated rings. The Hall–Kier alpha value is -5.86. The first-order valence-corrected chi connectivity index (χ1v) is 15.5. The quantitative estimate of drug-likeness (QED) is 0.270. The summed E-state index contributed by atoms with van der Waals surface area (Å²) < 4.78 is 30.8. The molecule has 49 heavy (non-hydrogen) atoms. The molecule has 0 spiro atoms. The molecule has 1 unspecified atom stereocenters. The normalized spacial score (nSPS) is 14.1. The lowest BCUT2D eigenvalue weighted by Gasteiger charge is -2.39. The Morgan fingerprint density at radius 1 is 0.918 bits per heavy atom. The Bertz CT molecular complexity index is 1890. The first-order valence-electron chi connectivity index (χ1n) is 15.5. The summed E-state index contributed by atoms with van der Waals surface area (Å²) in [6.07, 6.45) is -0.714. The van der Waals surface area contributed by atoms with Gasteiger partial charge in [0.2, 0.25) is 5.91 Å². The Balaban J connectivity index is 1.56. The Kier molecular flexibility index (Phi) is 10.5. The van der Waals surface area contributed by atoms with Gasteiger partial charge in [0.25, 0.3) is 5.56 Å². The van der Waals surface area contributed by atoms with Crippen LogP contribution in [-0.2, 0) is 9.53 Å². The van der Waals surface area contributed by atoms with Crippen LogP contribution in [0.1, 0.15) is 25.7 Å². The number of amides is 4. The number of aromatic nitrogens is 2. The maximum Gasteiger partial charge on any atom is 0.407 e. The summed E-state index contributed by atoms with van der Waals surface area (Å²) in [6.45, 7) is 4.32. The van der Waals surface area contributed by atoms with Crippen molar-refractivity contribution in [1.29, 1.82) is 0 Å². The van der Waals surface area contributed by atoms with Gasteiger partial charge in [0.05, 0.1) is 57.1 Å². The lowest BCUT2D eigenvalue weighted by Crippen LogP contribution is -2.59. The van der Waals surface area contributed by atoms with Crippen LogP contribution in [0.25, 0.3) is 10.9 Å². The fourth-order valence-electron chi connectivity index (χ4n) is 5.68. The number of fused-ring (bicyclic) bond motifs is 1. The van der Waals surface area contributed by atoms with E-state index >= 15 is 0 Å². The molecule has 258 valence electrons. The lowest BCUT2D eigenvalue weighted by atomic mass is 10.1. The third kappa shape index (κ3) is 7.35. The molecule has 4 amide bonds. The van der Waals surface area contributed by atoms with Crippen molar-refractivity contribution < 1.29 is 33.0 Å². The van der Waals surface area contributed by atoms with Crippen molar-refractivity contribution in [1.82, 2.24) is 19.9 Å². The van der Waals surface area contributed by atoms with E-state index in [4.69, 9.17) is 14.5 Å². The number of nitrogens with zero attached hydrogens (tertiary/aromatic N) is 5. The van der Waals surface area contributed by atoms with Crippen LogP contribution in [0, 0.1) is 5.82 Å². The molecule has 5 rings (SSSR count). The van der Waals surface area contributed by atoms with Crippen molar-refractivity contribution >= 4 is 40.3 Å². The Morgan fingerprint density at radius 2 is 1.61 bits per heavy atom. The number of carbonyl (C=O) groups excluding carboxylic acids is 3. The number of hydrogen-bond acceptors (Lipinski definition) is 9. The van der Waals surface area contributed by atoms with Crippen molar-refractivity contribution in [3.8, 4) is 11.5 Å². The van der Waals surface area contributed by atoms with Crippen LogP contribution in [0.3, 0.4) is 0 Å². The van der Waals surface area contributed by atoms with Crippen molar-refractivity contribution in [3.63, 3.8) is 0 Å². The molecule has 2 N–H and O–H groups in total. The maximum atomic E-state index is 14.2. The van der Waals surface area contributed by atoms with E-state index < -0.39 is 30.0 Å². The number of carbonyl (C=O) groups is 3. The van der Waals surface area contributed by atoms with Crippen molar-refractivity contribution in [2.75, 3.05) is 62.7 Å². The summed E-state index contributed by atoms with van der Waals surface area (Å²) in [5.74, 6) is 0.308. The van der Waals surface area contributed by atoms with Crippen LogP contribution < -0.4 is 35.6 Å². The van der Waals surface area contributed by atoms with E-state index in [0.29, 0.717) is 33.8 Å². The SMILES string of the molecule is COC(=O)N[C@@H](C)C(=O)N1CCN(n2c(C(C)N(C(=O)Nc3ccc(F)cc3)c3ccc(OC)cc3OC)nc3ccccc3c2=O)CC1. The molecule has 14 nitrogen and oxygen atoms in total. The zero-order valence-electron chi connectivity index (χ0n) is 27.8. The molecule has 2 atom stereocenters. The van der Waals surface area contributed by atoms with E-state index in [2.05, 4.69) is 15.4 Å². The number of nitrogens with one attached hydrogen (secondary N) is 2. The molecule has 0 aliphatic carbocycles. The highest BCUT2D eigenvalue weighted by Gasteiger charge is 2.33. The summed E-state index contributed by atoms with van der Waals surface area (Å²) in [4.78, 5) is 61.1. The maximum absolute atomic E-state index is 14.2. The summed E-state index contributed by atoms with van der Waals surface area (Å²) >= 11 is 0. The van der Waals surface area contributed by atoms with Gasteiger partial charge in [0.1, 0.15) is 23.4 Å². The number of para-hydroxylation sites is 1. The van der Waals surface area contributed by atoms with E-state index in [-0.39, 0.29) is 43.5 Å². The molecule has 1 aromatic heterocycles. The largest absolute Gasteiger partial charge is 0.497 e. The van der Waals surface area contributed by atoms with Gasteiger partial charge in [-0.25, -0.2) is 23.6 Å². The Labute approximate surface area is 281 Å². The topological polar surface area (TPSA) is 148 Å². The number of rotatable bonds is 9. The molecule has 0 radical (unpaired) electrons. The summed E-state index contributed by atoms with van der Waals surface area (Å²) in [5, 5.41) is 7.47. The van der Waals surface area contributed by atoms with Gasteiger partial charge in [-0.15, -0.1) is 0 Å². The predicted octanol–water partition coefficient (Wildman–Crippen LogP) is 3.88. The lowest BCUT2D eigenvalue weighted by molar-refractivity contribution is -0.133. The second kappa shape index (κ2) is 14.9. The summed E-state index contributed by atoms with van der Waals surface area (Å²) in [7, 11) is 4.19. The van der Waals surface area contributed by atoms with Crippen LogP contribution >= 0.6 is 0 Å². The molecule has 2 heterocycles. The van der Waals surface area contributed by atoms with E-state index in [1.807, 2.05) is 0 Å². The average molecular weight is 676 g/mol. The summed E-state index contributed by atoms with van der Waals surface area (Å²) in [6, 6.07) is 14.9. The second-order valence-corrected chi connectivity index (χ2v) is 11.3. The fourth-order valence-corrected chi connectivity index (χ4v) is 5.68. The molecule has 1 aliphatic heterocycles. The molecule has 1 saturated heterocycles. The highest BCUT2D eigenvalue weighted by molar-refractivity contribution is 6.03. The van der Waals surface area contributed by atoms with Crippen LogP contribution in [0.5, 0.6) is 11.5 Å². The highest BCUT2D eigenvalue weighted by Crippen LogP contribution is 2.37. The smallest absolute Gasteiger partial charge is 0.407 e. The number of ether oxygens (including phenoxy) is 3. The molecule has 15 heteroatoms. The number of urea groups is 1. The van der Waals surface area contributed by atoms with Crippen molar-refractivity contribution in [3.05, 3.63) is 88.7 Å². The number of benzene rings is 3. The third-order valence-corrected chi connectivity index (χ3v) is 8.24. The monoisotopic (exact) mass is 675 g/mol. The second-order valence-electron chi connectivity index (χ2n) is 11.3. The number of halogens is 1. The zero-order chi connectivity index (χ0) is 35.2. The first-order chi connectivity index (χ1) is 23.6. The minimum absolute atomic E-state index is 0.247. The predicted molar refractivity (Wildman–Crippen MR) is 181 cm³/mol. The zero-order valence-corrected chi connectivity index (χ0v) is 27.8. The van der Waals surface area contributed by atoms with Crippen LogP contribution in [0.4, 0.5) is 25.4 Å². The molecule has 0 bridgehead atoms. The highest BCUT2D eigenvalue weighted by atomic mass is 19.1. The van der Waals surface area contributed by atoms with Gasteiger partial charge in [-0.05, 0) is 62.4 Å². The number of anilines is 2.